The number of benzene rings is 1. The van der Waals surface area contributed by atoms with Gasteiger partial charge in [-0.1, -0.05) is 0 Å². The van der Waals surface area contributed by atoms with E-state index < -0.39 is 15.6 Å². The molecule has 1 fully saturated rings. The number of nitrogens with zero attached hydrogens (tertiary/aromatic N) is 6. The van der Waals surface area contributed by atoms with Gasteiger partial charge in [-0.3, -0.25) is 14.4 Å². The highest BCUT2D eigenvalue weighted by Gasteiger charge is 2.45. The number of hydrogen-bond acceptors (Lipinski definition) is 9. The fraction of sp³-hybridized carbons (Fsp3) is 0.391. The van der Waals surface area contributed by atoms with E-state index in [1.54, 1.807) is 34.1 Å². The minimum atomic E-state index is -3.78. The van der Waals surface area contributed by atoms with Crippen LogP contribution >= 0.6 is 11.3 Å². The Hall–Kier alpha value is -3.13. The summed E-state index contributed by atoms with van der Waals surface area (Å²) >= 11 is 1.52. The van der Waals surface area contributed by atoms with Crippen molar-refractivity contribution in [2.45, 2.75) is 49.3 Å². The Kier molecular flexibility index (Phi) is 5.30. The molecule has 1 aliphatic carbocycles. The average molecular weight is 527 g/mol. The summed E-state index contributed by atoms with van der Waals surface area (Å²) in [5.41, 5.74) is 7.15. The second-order valence-electron chi connectivity index (χ2n) is 9.65. The lowest BCUT2D eigenvalue weighted by Crippen LogP contribution is -2.50. The monoisotopic (exact) mass is 526 g/mol. The van der Waals surface area contributed by atoms with E-state index in [1.807, 2.05) is 25.1 Å². The zero-order valence-corrected chi connectivity index (χ0v) is 21.5. The van der Waals surface area contributed by atoms with E-state index in [0.717, 1.165) is 28.3 Å². The van der Waals surface area contributed by atoms with E-state index in [2.05, 4.69) is 14.8 Å². The number of anilines is 1. The van der Waals surface area contributed by atoms with Crippen molar-refractivity contribution in [1.29, 1.82) is 0 Å². The van der Waals surface area contributed by atoms with E-state index in [-0.39, 0.29) is 23.4 Å². The van der Waals surface area contributed by atoms with Gasteiger partial charge in [0, 0.05) is 42.0 Å². The Morgan fingerprint density at radius 2 is 2.08 bits per heavy atom. The third kappa shape index (κ3) is 3.92. The Bertz CT molecular complexity index is 1500. The molecule has 0 bridgehead atoms. The van der Waals surface area contributed by atoms with E-state index in [4.69, 9.17) is 10.7 Å². The minimum Gasteiger partial charge on any atom is -0.325 e. The summed E-state index contributed by atoms with van der Waals surface area (Å²) < 4.78 is 30.6. The molecule has 3 aliphatic rings. The summed E-state index contributed by atoms with van der Waals surface area (Å²) in [6, 6.07) is 4.57. The molecule has 3 aromatic rings. The van der Waals surface area contributed by atoms with Crippen molar-refractivity contribution in [2.75, 3.05) is 11.4 Å². The molecule has 1 atom stereocenters. The molecule has 11 nitrogen and oxygen atoms in total. The topological polar surface area (TPSA) is 139 Å². The number of sulfonamides is 1. The first kappa shape index (κ1) is 23.3. The Labute approximate surface area is 212 Å². The summed E-state index contributed by atoms with van der Waals surface area (Å²) in [6.45, 7) is 2.93. The van der Waals surface area contributed by atoms with Crippen LogP contribution in [-0.4, -0.2) is 52.0 Å². The second-order valence-corrected chi connectivity index (χ2v) is 12.5. The molecule has 3 N–H and O–H groups in total. The highest BCUT2D eigenvalue weighted by Crippen LogP contribution is 2.42. The van der Waals surface area contributed by atoms with Crippen molar-refractivity contribution >= 4 is 38.9 Å². The molecular formula is C23H26N8O3S2. The maximum atomic E-state index is 13.8. The Balaban J connectivity index is 1.43. The molecule has 0 unspecified atom stereocenters. The van der Waals surface area contributed by atoms with Crippen LogP contribution in [0.2, 0.25) is 0 Å². The average Bonchev–Trinajstić information content (AvgIpc) is 3.25. The molecule has 1 saturated carbocycles. The molecule has 13 heteroatoms. The van der Waals surface area contributed by atoms with Gasteiger partial charge in [0.2, 0.25) is 16.0 Å². The lowest BCUT2D eigenvalue weighted by atomic mass is 10.1. The first-order chi connectivity index (χ1) is 17.2. The molecule has 0 radical (unpaired) electrons. The standard InChI is InChI=1S/C23H26N8O3S2/c1-23(5-6-23)28-36(33,34)15-3-4-17-16(7-15)21(32)30(13-14-9-27-29(2)12-14)22-26-10-18(31(17)22)19-11-25-20(8-24)35-19/h3-4,7,9,11-12,18,28H,5-6,8,10,13,24H2,1-2H3/t18-/m0/s1. The molecule has 2 aromatic heterocycles. The van der Waals surface area contributed by atoms with Crippen molar-refractivity contribution < 1.29 is 13.2 Å². The Morgan fingerprint density at radius 3 is 2.75 bits per heavy atom. The number of aliphatic imine (C=N–C) groups is 1. The molecule has 188 valence electrons. The first-order valence-corrected chi connectivity index (χ1v) is 13.9. The normalized spacial score (nSPS) is 20.4. The minimum absolute atomic E-state index is 0.0726. The SMILES string of the molecule is Cn1cc(CN2C(=O)c3cc(S(=O)(=O)NC4(C)CC4)ccc3N3C2=NC[C@H]3c2cnc(CN)s2)cn1. The van der Waals surface area contributed by atoms with Gasteiger partial charge in [-0.05, 0) is 38.0 Å². The molecule has 2 aliphatic heterocycles. The quantitative estimate of drug-likeness (QED) is 0.478. The van der Waals surface area contributed by atoms with Crippen molar-refractivity contribution in [3.63, 3.8) is 0 Å². The first-order valence-electron chi connectivity index (χ1n) is 11.6. The zero-order valence-electron chi connectivity index (χ0n) is 19.9. The molecule has 4 heterocycles. The van der Waals surface area contributed by atoms with Crippen molar-refractivity contribution in [2.24, 2.45) is 17.8 Å². The summed E-state index contributed by atoms with van der Waals surface area (Å²) in [5, 5.41) is 5.04. The zero-order chi connectivity index (χ0) is 25.2. The van der Waals surface area contributed by atoms with Gasteiger partial charge in [0.05, 0.1) is 41.5 Å². The third-order valence-corrected chi connectivity index (χ3v) is 9.50. The fourth-order valence-corrected chi connectivity index (χ4v) is 6.97. The Morgan fingerprint density at radius 1 is 1.28 bits per heavy atom. The summed E-state index contributed by atoms with van der Waals surface area (Å²) in [6.07, 6.45) is 6.94. The van der Waals surface area contributed by atoms with E-state index >= 15 is 0 Å². The number of rotatable bonds is 7. The number of guanidine groups is 1. The number of thiazole rings is 1. The van der Waals surface area contributed by atoms with Gasteiger partial charge in [0.25, 0.3) is 5.91 Å². The van der Waals surface area contributed by atoms with Crippen molar-refractivity contribution in [1.82, 2.24) is 24.4 Å². The summed E-state index contributed by atoms with van der Waals surface area (Å²) in [4.78, 5) is 27.6. The molecule has 0 spiro atoms. The van der Waals surface area contributed by atoms with Gasteiger partial charge in [0.1, 0.15) is 5.01 Å². The maximum absolute atomic E-state index is 13.8. The molecule has 36 heavy (non-hydrogen) atoms. The van der Waals surface area contributed by atoms with Gasteiger partial charge < -0.3 is 10.6 Å². The van der Waals surface area contributed by atoms with E-state index in [1.165, 1.54) is 17.4 Å². The number of fused-ring (bicyclic) bond motifs is 3. The number of carbonyl (C=O) groups is 1. The van der Waals surface area contributed by atoms with E-state index in [0.29, 0.717) is 30.3 Å². The van der Waals surface area contributed by atoms with Crippen LogP contribution in [0.5, 0.6) is 0 Å². The predicted molar refractivity (Wildman–Crippen MR) is 135 cm³/mol. The highest BCUT2D eigenvalue weighted by atomic mass is 32.2. The van der Waals surface area contributed by atoms with Crippen LogP contribution in [0.3, 0.4) is 0 Å². The third-order valence-electron chi connectivity index (χ3n) is 6.74. The molecule has 6 rings (SSSR count). The van der Waals surface area contributed by atoms with Crippen LogP contribution in [0, 0.1) is 0 Å². The van der Waals surface area contributed by atoms with Gasteiger partial charge in [-0.2, -0.15) is 5.10 Å². The van der Waals surface area contributed by atoms with Crippen LogP contribution in [0.4, 0.5) is 5.69 Å². The summed E-state index contributed by atoms with van der Waals surface area (Å²) in [7, 11) is -1.96. The van der Waals surface area contributed by atoms with Gasteiger partial charge >= 0.3 is 0 Å². The molecule has 1 aromatic carbocycles. The predicted octanol–water partition coefficient (Wildman–Crippen LogP) is 1.74. The van der Waals surface area contributed by atoms with Crippen LogP contribution in [-0.2, 0) is 30.2 Å². The number of aryl methyl sites for hydroxylation is 1. The van der Waals surface area contributed by atoms with Crippen molar-refractivity contribution in [3.8, 4) is 0 Å². The molecule has 1 amide bonds. The molecule has 0 saturated heterocycles. The van der Waals surface area contributed by atoms with Crippen molar-refractivity contribution in [3.05, 3.63) is 57.8 Å². The van der Waals surface area contributed by atoms with Crippen LogP contribution < -0.4 is 15.4 Å². The number of carbonyl (C=O) groups excluding carboxylic acids is 1. The van der Waals surface area contributed by atoms with Crippen LogP contribution in [0.1, 0.15) is 51.6 Å². The molecular weight excluding hydrogens is 500 g/mol. The van der Waals surface area contributed by atoms with Crippen LogP contribution in [0.15, 0.2) is 46.7 Å². The lowest BCUT2D eigenvalue weighted by molar-refractivity contribution is 0.0832. The lowest BCUT2D eigenvalue weighted by Gasteiger charge is -2.38. The fourth-order valence-electron chi connectivity index (χ4n) is 4.60. The number of aromatic nitrogens is 3. The van der Waals surface area contributed by atoms with Crippen LogP contribution in [0.25, 0.3) is 0 Å². The number of amides is 1. The van der Waals surface area contributed by atoms with Gasteiger partial charge in [-0.15, -0.1) is 11.3 Å². The number of nitrogens with two attached hydrogens (primary N) is 1. The number of nitrogens with one attached hydrogen (secondary N) is 1. The largest absolute Gasteiger partial charge is 0.325 e. The maximum Gasteiger partial charge on any atom is 0.263 e. The smallest absolute Gasteiger partial charge is 0.263 e. The van der Waals surface area contributed by atoms with E-state index in [9.17, 15) is 13.2 Å². The van der Waals surface area contributed by atoms with Gasteiger partial charge in [0.15, 0.2) is 0 Å². The highest BCUT2D eigenvalue weighted by molar-refractivity contribution is 7.89. The summed E-state index contributed by atoms with van der Waals surface area (Å²) in [5.74, 6) is 0.231. The second kappa shape index (κ2) is 8.20. The van der Waals surface area contributed by atoms with Gasteiger partial charge in [-0.25, -0.2) is 23.1 Å². The number of hydrogen-bond donors (Lipinski definition) is 2.